The summed E-state index contributed by atoms with van der Waals surface area (Å²) in [7, 11) is 0. The maximum absolute atomic E-state index is 2.41. The zero-order valence-electron chi connectivity index (χ0n) is 29.6. The van der Waals surface area contributed by atoms with Crippen molar-refractivity contribution in [2.24, 2.45) is 0 Å². The lowest BCUT2D eigenvalue weighted by molar-refractivity contribution is 1.28. The average Bonchev–Trinajstić information content (AvgIpc) is 3.64. The Morgan fingerprint density at radius 2 is 0.815 bits per heavy atom. The van der Waals surface area contributed by atoms with Gasteiger partial charge in [0.2, 0.25) is 0 Å². The predicted molar refractivity (Wildman–Crippen MR) is 233 cm³/mol. The van der Waals surface area contributed by atoms with E-state index in [1.165, 1.54) is 75.5 Å². The molecule has 0 bridgehead atoms. The standard InChI is InChI=1S/C52H35NS/c1-2-14-36(15-3-1)37-28-32-40(33-29-37)53(49-25-10-8-21-46(49)47-24-13-27-51-52(47)48-22-9-11-26-50(48)54-51)41-34-30-39(31-35-41)43-19-6-7-20-44(43)45-23-12-17-38-16-4-5-18-42(38)45/h1-35H. The largest absolute Gasteiger partial charge is 0.310 e. The van der Waals surface area contributed by atoms with Crippen LogP contribution in [0, 0.1) is 0 Å². The van der Waals surface area contributed by atoms with Gasteiger partial charge < -0.3 is 4.90 Å². The van der Waals surface area contributed by atoms with Crippen LogP contribution in [-0.4, -0.2) is 0 Å². The molecule has 10 rings (SSSR count). The van der Waals surface area contributed by atoms with Gasteiger partial charge in [0, 0.05) is 37.1 Å². The van der Waals surface area contributed by atoms with Gasteiger partial charge in [-0.2, -0.15) is 0 Å². The van der Waals surface area contributed by atoms with Crippen LogP contribution in [0.5, 0.6) is 0 Å². The highest BCUT2D eigenvalue weighted by Gasteiger charge is 2.20. The van der Waals surface area contributed by atoms with E-state index >= 15 is 0 Å². The van der Waals surface area contributed by atoms with Gasteiger partial charge in [-0.1, -0.05) is 170 Å². The lowest BCUT2D eigenvalue weighted by atomic mass is 9.91. The van der Waals surface area contributed by atoms with Crippen molar-refractivity contribution in [2.45, 2.75) is 0 Å². The molecular formula is C52H35NS. The number of nitrogens with zero attached hydrogens (tertiary/aromatic N) is 1. The molecule has 0 amide bonds. The number of thiophene rings is 1. The van der Waals surface area contributed by atoms with Crippen LogP contribution in [0.2, 0.25) is 0 Å². The average molecular weight is 706 g/mol. The highest BCUT2D eigenvalue weighted by atomic mass is 32.1. The zero-order chi connectivity index (χ0) is 35.8. The Labute approximate surface area is 319 Å². The van der Waals surface area contributed by atoms with Gasteiger partial charge >= 0.3 is 0 Å². The predicted octanol–water partition coefficient (Wildman–Crippen LogP) is 15.3. The zero-order valence-corrected chi connectivity index (χ0v) is 30.4. The first kappa shape index (κ1) is 32.0. The second-order valence-electron chi connectivity index (χ2n) is 13.7. The number of benzene rings is 9. The fourth-order valence-electron chi connectivity index (χ4n) is 7.98. The lowest BCUT2D eigenvalue weighted by Gasteiger charge is -2.28. The summed E-state index contributed by atoms with van der Waals surface area (Å²) in [6.45, 7) is 0. The third kappa shape index (κ3) is 5.65. The Balaban J connectivity index is 1.13. The molecule has 1 aromatic heterocycles. The summed E-state index contributed by atoms with van der Waals surface area (Å²) in [4.78, 5) is 2.41. The van der Waals surface area contributed by atoms with Crippen molar-refractivity contribution < 1.29 is 0 Å². The number of para-hydroxylation sites is 1. The van der Waals surface area contributed by atoms with Gasteiger partial charge in [-0.25, -0.2) is 0 Å². The first-order valence-corrected chi connectivity index (χ1v) is 19.2. The molecule has 1 heterocycles. The molecule has 9 aromatic carbocycles. The van der Waals surface area contributed by atoms with Crippen LogP contribution < -0.4 is 4.90 Å². The van der Waals surface area contributed by atoms with Crippen LogP contribution in [0.25, 0.3) is 75.5 Å². The molecule has 0 saturated carbocycles. The molecule has 1 nitrogen and oxygen atoms in total. The van der Waals surface area contributed by atoms with Gasteiger partial charge in [0.25, 0.3) is 0 Å². The molecule has 0 aliphatic heterocycles. The van der Waals surface area contributed by atoms with Crippen LogP contribution in [-0.2, 0) is 0 Å². The molecule has 10 aromatic rings. The molecule has 0 aliphatic rings. The Kier molecular flexibility index (Phi) is 8.09. The van der Waals surface area contributed by atoms with Crippen molar-refractivity contribution in [1.82, 2.24) is 0 Å². The molecule has 0 N–H and O–H groups in total. The topological polar surface area (TPSA) is 3.24 Å². The van der Waals surface area contributed by atoms with Gasteiger partial charge in [-0.3, -0.25) is 0 Å². The number of hydrogen-bond acceptors (Lipinski definition) is 2. The third-order valence-electron chi connectivity index (χ3n) is 10.5. The van der Waals surface area contributed by atoms with Crippen molar-refractivity contribution in [3.8, 4) is 44.5 Å². The molecule has 0 fully saturated rings. The fourth-order valence-corrected chi connectivity index (χ4v) is 9.11. The van der Waals surface area contributed by atoms with Crippen molar-refractivity contribution in [3.63, 3.8) is 0 Å². The van der Waals surface area contributed by atoms with E-state index in [1.807, 2.05) is 11.3 Å². The van der Waals surface area contributed by atoms with E-state index in [1.54, 1.807) is 0 Å². The van der Waals surface area contributed by atoms with E-state index in [2.05, 4.69) is 217 Å². The smallest absolute Gasteiger partial charge is 0.0540 e. The maximum atomic E-state index is 2.41. The van der Waals surface area contributed by atoms with E-state index in [0.717, 1.165) is 17.1 Å². The van der Waals surface area contributed by atoms with E-state index in [-0.39, 0.29) is 0 Å². The molecule has 0 aliphatic carbocycles. The first-order chi connectivity index (χ1) is 26.8. The SMILES string of the molecule is c1ccc(-c2ccc(N(c3ccc(-c4ccccc4-c4cccc5ccccc45)cc3)c3ccccc3-c3cccc4sc5ccccc5c34)cc2)cc1. The number of hydrogen-bond donors (Lipinski definition) is 0. The molecule has 2 heteroatoms. The summed E-state index contributed by atoms with van der Waals surface area (Å²) < 4.78 is 2.61. The maximum Gasteiger partial charge on any atom is 0.0540 e. The first-order valence-electron chi connectivity index (χ1n) is 18.4. The molecule has 54 heavy (non-hydrogen) atoms. The molecule has 0 saturated heterocycles. The normalized spacial score (nSPS) is 11.3. The highest BCUT2D eigenvalue weighted by Crippen LogP contribution is 2.46. The van der Waals surface area contributed by atoms with Gasteiger partial charge in [-0.05, 0) is 92.2 Å². The number of anilines is 3. The fraction of sp³-hybridized carbons (Fsp3) is 0. The minimum absolute atomic E-state index is 1.10. The van der Waals surface area contributed by atoms with Gasteiger partial charge in [0.1, 0.15) is 0 Å². The second kappa shape index (κ2) is 13.7. The molecule has 254 valence electrons. The quantitative estimate of drug-likeness (QED) is 0.160. The van der Waals surface area contributed by atoms with Crippen molar-refractivity contribution >= 4 is 59.3 Å². The van der Waals surface area contributed by atoms with Gasteiger partial charge in [0.05, 0.1) is 5.69 Å². The Morgan fingerprint density at radius 1 is 0.296 bits per heavy atom. The van der Waals surface area contributed by atoms with Crippen molar-refractivity contribution in [3.05, 3.63) is 212 Å². The molecule has 0 spiro atoms. The third-order valence-corrected chi connectivity index (χ3v) is 11.6. The summed E-state index contributed by atoms with van der Waals surface area (Å²) in [5.41, 5.74) is 13.1. The van der Waals surface area contributed by atoms with Crippen LogP contribution in [0.15, 0.2) is 212 Å². The van der Waals surface area contributed by atoms with Crippen molar-refractivity contribution in [2.75, 3.05) is 4.90 Å². The summed E-state index contributed by atoms with van der Waals surface area (Å²) in [5, 5.41) is 5.12. The van der Waals surface area contributed by atoms with E-state index in [4.69, 9.17) is 0 Å². The number of rotatable bonds is 7. The van der Waals surface area contributed by atoms with Crippen LogP contribution >= 0.6 is 11.3 Å². The van der Waals surface area contributed by atoms with E-state index < -0.39 is 0 Å². The van der Waals surface area contributed by atoms with Crippen LogP contribution in [0.1, 0.15) is 0 Å². The molecule has 0 atom stereocenters. The molecular weight excluding hydrogens is 671 g/mol. The summed E-state index contributed by atoms with van der Waals surface area (Å²) in [6, 6.07) is 77.1. The van der Waals surface area contributed by atoms with Crippen LogP contribution in [0.4, 0.5) is 17.1 Å². The molecule has 0 radical (unpaired) electrons. The highest BCUT2D eigenvalue weighted by molar-refractivity contribution is 7.25. The lowest BCUT2D eigenvalue weighted by Crippen LogP contribution is -2.11. The molecule has 0 unspecified atom stereocenters. The van der Waals surface area contributed by atoms with Crippen molar-refractivity contribution in [1.29, 1.82) is 0 Å². The van der Waals surface area contributed by atoms with Gasteiger partial charge in [0.15, 0.2) is 0 Å². The summed E-state index contributed by atoms with van der Waals surface area (Å²) in [5.74, 6) is 0. The summed E-state index contributed by atoms with van der Waals surface area (Å²) in [6.07, 6.45) is 0. The number of fused-ring (bicyclic) bond motifs is 4. The van der Waals surface area contributed by atoms with Gasteiger partial charge in [-0.15, -0.1) is 11.3 Å². The second-order valence-corrected chi connectivity index (χ2v) is 14.7. The Bertz CT molecular complexity index is 2920. The van der Waals surface area contributed by atoms with E-state index in [0.29, 0.717) is 0 Å². The Hall–Kier alpha value is -6.74. The van der Waals surface area contributed by atoms with E-state index in [9.17, 15) is 0 Å². The monoisotopic (exact) mass is 705 g/mol. The van der Waals surface area contributed by atoms with Crippen LogP contribution in [0.3, 0.4) is 0 Å². The minimum atomic E-state index is 1.10. The minimum Gasteiger partial charge on any atom is -0.310 e. The summed E-state index contributed by atoms with van der Waals surface area (Å²) >= 11 is 1.86. The Morgan fingerprint density at radius 3 is 1.61 bits per heavy atom.